The van der Waals surface area contributed by atoms with E-state index in [2.05, 4.69) is 15.4 Å². The number of benzene rings is 2. The third-order valence-electron chi connectivity index (χ3n) is 13.0. The first-order valence-corrected chi connectivity index (χ1v) is 20.7. The molecule has 2 amide bonds. The first-order chi connectivity index (χ1) is 29.5. The van der Waals surface area contributed by atoms with Gasteiger partial charge in [0.2, 0.25) is 17.8 Å². The summed E-state index contributed by atoms with van der Waals surface area (Å²) in [6.07, 6.45) is 4.34. The highest BCUT2D eigenvalue weighted by Crippen LogP contribution is 2.42. The third-order valence-corrected chi connectivity index (χ3v) is 13.0. The number of likely N-dealkylation sites (N-methyl/N-ethyl adjacent to an activating group) is 1. The number of carbonyl (C=O) groups is 2. The van der Waals surface area contributed by atoms with E-state index in [0.29, 0.717) is 78.0 Å². The monoisotopic (exact) mass is 832 g/mol. The minimum atomic E-state index is -0.828. The molecule has 0 radical (unpaired) electrons. The molecule has 1 saturated carbocycles. The van der Waals surface area contributed by atoms with Gasteiger partial charge in [0.1, 0.15) is 46.9 Å². The molecule has 6 bridgehead atoms. The fourth-order valence-electron chi connectivity index (χ4n) is 9.78. The quantitative estimate of drug-likeness (QED) is 0.250. The van der Waals surface area contributed by atoms with Crippen molar-refractivity contribution in [2.75, 3.05) is 55.5 Å². The summed E-state index contributed by atoms with van der Waals surface area (Å²) in [4.78, 5) is 55.9. The van der Waals surface area contributed by atoms with Gasteiger partial charge in [-0.1, -0.05) is 6.07 Å². The molecule has 314 valence electrons. The topological polar surface area (TPSA) is 143 Å². The van der Waals surface area contributed by atoms with Gasteiger partial charge in [-0.3, -0.25) is 9.59 Å². The number of hydrogen-bond acceptors (Lipinski definition) is 11. The smallest absolute Gasteiger partial charge is 0.245 e. The second kappa shape index (κ2) is 14.1. The van der Waals surface area contributed by atoms with Crippen molar-refractivity contribution < 1.29 is 27.5 Å². The zero-order chi connectivity index (χ0) is 41.8. The molecule has 4 aromatic heterocycles. The molecular formula is C43H43F3N12O3. The van der Waals surface area contributed by atoms with Gasteiger partial charge in [0.25, 0.3) is 0 Å². The van der Waals surface area contributed by atoms with Crippen LogP contribution in [0.3, 0.4) is 0 Å². The molecule has 6 aliphatic rings. The van der Waals surface area contributed by atoms with Gasteiger partial charge in [-0.25, -0.2) is 27.8 Å². The van der Waals surface area contributed by atoms with Crippen molar-refractivity contribution in [3.05, 3.63) is 78.0 Å². The van der Waals surface area contributed by atoms with E-state index in [1.54, 1.807) is 19.1 Å². The summed E-state index contributed by atoms with van der Waals surface area (Å²) in [5, 5.41) is 8.55. The summed E-state index contributed by atoms with van der Waals surface area (Å²) in [5.74, 6) is 0.255. The van der Waals surface area contributed by atoms with Crippen molar-refractivity contribution in [3.8, 4) is 16.9 Å². The summed E-state index contributed by atoms with van der Waals surface area (Å²) in [6, 6.07) is 10.1. The van der Waals surface area contributed by atoms with Gasteiger partial charge in [0.05, 0.1) is 47.0 Å². The highest BCUT2D eigenvalue weighted by atomic mass is 19.1. The van der Waals surface area contributed by atoms with Crippen LogP contribution in [0.15, 0.2) is 54.7 Å². The van der Waals surface area contributed by atoms with E-state index in [-0.39, 0.29) is 47.7 Å². The van der Waals surface area contributed by atoms with Gasteiger partial charge in [-0.2, -0.15) is 15.1 Å². The molecule has 2 unspecified atom stereocenters. The highest BCUT2D eigenvalue weighted by Gasteiger charge is 2.53. The summed E-state index contributed by atoms with van der Waals surface area (Å²) in [6.45, 7) is 4.00. The van der Waals surface area contributed by atoms with Crippen LogP contribution >= 0.6 is 0 Å². The Morgan fingerprint density at radius 1 is 0.885 bits per heavy atom. The maximum Gasteiger partial charge on any atom is 0.245 e. The number of piperidine rings is 1. The van der Waals surface area contributed by atoms with Crippen molar-refractivity contribution >= 4 is 51.5 Å². The Balaban J connectivity index is 1.03. The third kappa shape index (κ3) is 6.32. The largest absolute Gasteiger partial charge is 0.378 e. The van der Waals surface area contributed by atoms with Gasteiger partial charge in [-0.15, -0.1) is 0 Å². The Morgan fingerprint density at radius 3 is 2.52 bits per heavy atom. The van der Waals surface area contributed by atoms with E-state index in [9.17, 15) is 14.0 Å². The molecule has 18 heteroatoms. The second-order valence-corrected chi connectivity index (χ2v) is 17.1. The Kier molecular flexibility index (Phi) is 8.73. The number of pyridine rings is 1. The second-order valence-electron chi connectivity index (χ2n) is 17.1. The van der Waals surface area contributed by atoms with Crippen molar-refractivity contribution in [1.29, 1.82) is 0 Å². The predicted octanol–water partition coefficient (Wildman–Crippen LogP) is 4.70. The molecule has 12 rings (SSSR count). The molecule has 0 spiro atoms. The molecule has 5 fully saturated rings. The van der Waals surface area contributed by atoms with Crippen molar-refractivity contribution in [1.82, 2.24) is 44.1 Å². The molecular weight excluding hydrogens is 790 g/mol. The summed E-state index contributed by atoms with van der Waals surface area (Å²) < 4.78 is 54.1. The number of fused-ring (bicyclic) bond motifs is 8. The number of nitrogens with one attached hydrogen (secondary N) is 1. The van der Waals surface area contributed by atoms with Crippen LogP contribution in [0, 0.1) is 30.3 Å². The Bertz CT molecular complexity index is 2770. The van der Waals surface area contributed by atoms with Crippen LogP contribution in [0.4, 0.5) is 30.8 Å². The van der Waals surface area contributed by atoms with Crippen LogP contribution in [0.5, 0.6) is 0 Å². The Hall–Kier alpha value is -6.30. The van der Waals surface area contributed by atoms with Crippen molar-refractivity contribution in [3.63, 3.8) is 0 Å². The van der Waals surface area contributed by atoms with Crippen molar-refractivity contribution in [2.45, 2.75) is 69.4 Å². The zero-order valence-electron chi connectivity index (χ0n) is 33.8. The van der Waals surface area contributed by atoms with Crippen LogP contribution in [-0.2, 0) is 20.9 Å². The Morgan fingerprint density at radius 2 is 1.74 bits per heavy atom. The first-order valence-electron chi connectivity index (χ1n) is 20.7. The number of ether oxygens (including phenoxy) is 1. The standard InChI is InChI=1S/C43H43F3N12O3/c1-22-48-33-13-25(45)11-29-32-5-4-6-37(50-32)49-26-14-35(41(59)53(2)20-28(61-3)21-55(22)38(29)33)56(18-26)39-30-16-47-58(34-10-9-24(44)12-31(34)46)40(30)52-43(51-39)57-27-15-36(57)42(60)54(19-27)17-23-7-8-23/h4-6,9-13,16,23,26-28,35-36H,7-8,14-15,17-21H2,1-3H3,(H,49,50)/t26-,27?,28-,35-,36?/m0/s1. The number of anilines is 3. The molecule has 2 aromatic carbocycles. The van der Waals surface area contributed by atoms with Gasteiger partial charge in [0, 0.05) is 64.1 Å². The van der Waals surface area contributed by atoms with Crippen LogP contribution in [0.1, 0.15) is 31.5 Å². The van der Waals surface area contributed by atoms with Crippen LogP contribution in [0.2, 0.25) is 0 Å². The number of carbonyl (C=O) groups excluding carboxylic acids is 2. The fourth-order valence-corrected chi connectivity index (χ4v) is 9.78. The number of hydrogen-bond donors (Lipinski definition) is 1. The van der Waals surface area contributed by atoms with E-state index in [4.69, 9.17) is 19.7 Å². The minimum absolute atomic E-state index is 0.0133. The lowest BCUT2D eigenvalue weighted by molar-refractivity contribution is -0.140. The summed E-state index contributed by atoms with van der Waals surface area (Å²) in [5.41, 5.74) is 2.57. The molecule has 61 heavy (non-hydrogen) atoms. The first kappa shape index (κ1) is 37.7. The summed E-state index contributed by atoms with van der Waals surface area (Å²) >= 11 is 0. The predicted molar refractivity (Wildman–Crippen MR) is 220 cm³/mol. The molecule has 5 atom stereocenters. The van der Waals surface area contributed by atoms with Gasteiger partial charge in [0.15, 0.2) is 11.5 Å². The average Bonchev–Trinajstić information content (AvgIpc) is 3.65. The fraction of sp³-hybridized carbons (Fsp3) is 0.419. The van der Waals surface area contributed by atoms with Gasteiger partial charge < -0.3 is 34.2 Å². The molecule has 5 aliphatic heterocycles. The number of piperazine rings is 1. The SMILES string of the molecule is CO[C@H]1CN(C)C(=O)[C@@H]2C[C@@H](CN2c2nc(N3C4CC3C(=O)N(CC3CC3)C4)nc3c2cnn3-c2ccc(F)cc2F)Nc2cccc(n2)-c2cc(F)cc3nc(C)n(c23)C1. The summed E-state index contributed by atoms with van der Waals surface area (Å²) in [7, 11) is 3.34. The van der Waals surface area contributed by atoms with Crippen LogP contribution < -0.4 is 15.1 Å². The lowest BCUT2D eigenvalue weighted by Gasteiger charge is -2.55. The van der Waals surface area contributed by atoms with Gasteiger partial charge in [-0.05, 0) is 68.9 Å². The lowest BCUT2D eigenvalue weighted by atomic mass is 9.87. The molecule has 15 nitrogen and oxygen atoms in total. The number of imidazole rings is 1. The molecule has 4 saturated heterocycles. The van der Waals surface area contributed by atoms with Gasteiger partial charge >= 0.3 is 0 Å². The van der Waals surface area contributed by atoms with E-state index in [1.165, 1.54) is 29.1 Å². The van der Waals surface area contributed by atoms with Crippen LogP contribution in [-0.4, -0.2) is 127 Å². The molecule has 6 aromatic rings. The average molecular weight is 833 g/mol. The molecule has 9 heterocycles. The Labute approximate surface area is 348 Å². The van der Waals surface area contributed by atoms with E-state index in [0.717, 1.165) is 37.0 Å². The number of nitrogens with zero attached hydrogens (tertiary/aromatic N) is 11. The number of methoxy groups -OCH3 is 1. The number of aryl methyl sites for hydroxylation is 1. The molecule has 1 aliphatic carbocycles. The van der Waals surface area contributed by atoms with E-state index >= 15 is 8.78 Å². The molecule has 1 N–H and O–H groups in total. The lowest BCUT2D eigenvalue weighted by Crippen LogP contribution is -2.72. The van der Waals surface area contributed by atoms with Crippen LogP contribution in [0.25, 0.3) is 39.0 Å². The van der Waals surface area contributed by atoms with Crippen molar-refractivity contribution in [2.24, 2.45) is 5.92 Å². The number of halogens is 3. The zero-order valence-corrected chi connectivity index (χ0v) is 33.8. The normalized spacial score (nSPS) is 24.0. The van der Waals surface area contributed by atoms with E-state index < -0.39 is 35.6 Å². The number of aromatic nitrogens is 7. The van der Waals surface area contributed by atoms with E-state index in [1.807, 2.05) is 44.4 Å². The maximum atomic E-state index is 15.5. The number of rotatable bonds is 6. The number of amides is 2. The minimum Gasteiger partial charge on any atom is -0.378 e. The maximum absolute atomic E-state index is 15.5. The highest BCUT2D eigenvalue weighted by molar-refractivity contribution is 5.95.